The summed E-state index contributed by atoms with van der Waals surface area (Å²) in [5.41, 5.74) is 0. The molecule has 25 heavy (non-hydrogen) atoms. The molecular weight excluding hydrogens is 340 g/mol. The molecule has 0 aliphatic heterocycles. The van der Waals surface area contributed by atoms with E-state index < -0.39 is 24.2 Å². The van der Waals surface area contributed by atoms with E-state index in [4.69, 9.17) is 4.74 Å². The fourth-order valence-corrected chi connectivity index (χ4v) is 1.86. The third kappa shape index (κ3) is 7.61. The zero-order chi connectivity index (χ0) is 19.2. The van der Waals surface area contributed by atoms with Gasteiger partial charge in [0.25, 0.3) is 0 Å². The molecule has 1 atom stereocenters. The number of nitrogens with zero attached hydrogens (tertiary/aromatic N) is 2. The van der Waals surface area contributed by atoms with Crippen LogP contribution in [-0.2, 0) is 33.3 Å². The van der Waals surface area contributed by atoms with Crippen molar-refractivity contribution in [2.24, 2.45) is 0 Å². The highest BCUT2D eigenvalue weighted by Gasteiger charge is 2.31. The van der Waals surface area contributed by atoms with Gasteiger partial charge in [0.1, 0.15) is 6.04 Å². The molecular formula is C14H22N2O9. The minimum Gasteiger partial charge on any atom is -0.452 e. The number of unbranched alkanes of at least 4 members (excludes halogenated alkanes) is 1. The van der Waals surface area contributed by atoms with Gasteiger partial charge in [-0.3, -0.25) is 14.5 Å². The van der Waals surface area contributed by atoms with Gasteiger partial charge in [-0.2, -0.15) is 0 Å². The van der Waals surface area contributed by atoms with Crippen LogP contribution in [0, 0.1) is 0 Å². The number of esters is 1. The van der Waals surface area contributed by atoms with Gasteiger partial charge >= 0.3 is 18.2 Å². The van der Waals surface area contributed by atoms with Crippen LogP contribution in [0.3, 0.4) is 0 Å². The van der Waals surface area contributed by atoms with Crippen molar-refractivity contribution in [3.8, 4) is 0 Å². The molecule has 0 fully saturated rings. The minimum absolute atomic E-state index is 0.0459. The van der Waals surface area contributed by atoms with Crippen LogP contribution >= 0.6 is 0 Å². The highest BCUT2D eigenvalue weighted by Crippen LogP contribution is 2.12. The second-order valence-corrected chi connectivity index (χ2v) is 4.63. The third-order valence-corrected chi connectivity index (χ3v) is 3.09. The average molecular weight is 362 g/mol. The maximum Gasteiger partial charge on any atom is 0.416 e. The maximum absolute atomic E-state index is 12.0. The maximum atomic E-state index is 12.0. The van der Waals surface area contributed by atoms with Crippen molar-refractivity contribution < 1.29 is 42.9 Å². The fraction of sp³-hybridized carbons (Fsp3) is 0.643. The van der Waals surface area contributed by atoms with Gasteiger partial charge in [-0.05, 0) is 19.3 Å². The van der Waals surface area contributed by atoms with E-state index in [1.807, 2.05) is 0 Å². The number of rotatable bonds is 11. The van der Waals surface area contributed by atoms with E-state index in [2.05, 4.69) is 14.2 Å². The molecule has 0 aliphatic rings. The third-order valence-electron chi connectivity index (χ3n) is 3.09. The van der Waals surface area contributed by atoms with Crippen LogP contribution < -0.4 is 0 Å². The average Bonchev–Trinajstić information content (AvgIpc) is 2.64. The number of carbonyl (C=O) groups excluding carboxylic acids is 5. The molecule has 11 nitrogen and oxygen atoms in total. The van der Waals surface area contributed by atoms with Gasteiger partial charge in [0.15, 0.2) is 6.79 Å². The first-order valence-electron chi connectivity index (χ1n) is 7.23. The fourth-order valence-electron chi connectivity index (χ4n) is 1.86. The topological polar surface area (TPSA) is 129 Å². The summed E-state index contributed by atoms with van der Waals surface area (Å²) >= 11 is 0. The van der Waals surface area contributed by atoms with Crippen LogP contribution in [0.2, 0.25) is 0 Å². The zero-order valence-corrected chi connectivity index (χ0v) is 14.3. The number of hydrogen-bond acceptors (Lipinski definition) is 9. The molecule has 0 bridgehead atoms. The first-order valence-corrected chi connectivity index (χ1v) is 7.23. The van der Waals surface area contributed by atoms with Gasteiger partial charge in [-0.25, -0.2) is 19.3 Å². The Morgan fingerprint density at radius 1 is 0.960 bits per heavy atom. The molecule has 0 aromatic carbocycles. The Morgan fingerprint density at radius 2 is 1.60 bits per heavy atom. The summed E-state index contributed by atoms with van der Waals surface area (Å²) in [4.78, 5) is 58.1. The van der Waals surface area contributed by atoms with Crippen LogP contribution in [-0.4, -0.2) is 81.5 Å². The molecule has 0 rings (SSSR count). The molecule has 0 saturated heterocycles. The first-order chi connectivity index (χ1) is 12.0. The summed E-state index contributed by atoms with van der Waals surface area (Å²) in [6.07, 6.45) is -0.678. The molecule has 0 aliphatic carbocycles. The van der Waals surface area contributed by atoms with Crippen molar-refractivity contribution in [1.82, 2.24) is 9.80 Å². The van der Waals surface area contributed by atoms with Gasteiger partial charge in [0.2, 0.25) is 12.8 Å². The summed E-state index contributed by atoms with van der Waals surface area (Å²) in [7, 11) is 3.51. The van der Waals surface area contributed by atoms with E-state index in [9.17, 15) is 24.0 Å². The molecule has 1 unspecified atom stereocenters. The molecule has 11 heteroatoms. The predicted molar refractivity (Wildman–Crippen MR) is 81.1 cm³/mol. The van der Waals surface area contributed by atoms with Crippen molar-refractivity contribution in [2.45, 2.75) is 25.3 Å². The second-order valence-electron chi connectivity index (χ2n) is 4.63. The lowest BCUT2D eigenvalue weighted by atomic mass is 10.1. The quantitative estimate of drug-likeness (QED) is 0.165. The minimum atomic E-state index is -1.22. The van der Waals surface area contributed by atoms with Gasteiger partial charge in [0, 0.05) is 13.7 Å². The summed E-state index contributed by atoms with van der Waals surface area (Å²) in [5.74, 6) is -0.848. The SMILES string of the molecule is COCOC(=O)C(CCCCN(C=O)C(=O)OC)N(C=O)C(=O)OC. The molecule has 0 aromatic rings. The lowest BCUT2D eigenvalue weighted by Gasteiger charge is -2.24. The smallest absolute Gasteiger partial charge is 0.416 e. The van der Waals surface area contributed by atoms with Crippen molar-refractivity contribution >= 4 is 31.0 Å². The molecule has 0 aromatic heterocycles. The molecule has 4 amide bonds. The number of hydrogen-bond donors (Lipinski definition) is 0. The molecule has 0 saturated carbocycles. The number of amides is 4. The lowest BCUT2D eigenvalue weighted by molar-refractivity contribution is -0.161. The van der Waals surface area contributed by atoms with E-state index in [0.717, 1.165) is 19.1 Å². The summed E-state index contributed by atoms with van der Waals surface area (Å²) in [5, 5.41) is 0. The molecule has 142 valence electrons. The van der Waals surface area contributed by atoms with Crippen LogP contribution in [0.4, 0.5) is 9.59 Å². The lowest BCUT2D eigenvalue weighted by Crippen LogP contribution is -2.45. The van der Waals surface area contributed by atoms with Crippen LogP contribution in [0.1, 0.15) is 19.3 Å². The number of ether oxygens (including phenoxy) is 4. The Labute approximate surface area is 144 Å². The molecule has 0 spiro atoms. The van der Waals surface area contributed by atoms with E-state index >= 15 is 0 Å². The zero-order valence-electron chi connectivity index (χ0n) is 14.3. The Kier molecular flexibility index (Phi) is 11.3. The van der Waals surface area contributed by atoms with E-state index in [1.165, 1.54) is 7.11 Å². The Balaban J connectivity index is 4.80. The normalized spacial score (nSPS) is 11.0. The van der Waals surface area contributed by atoms with Crippen molar-refractivity contribution in [3.05, 3.63) is 0 Å². The predicted octanol–water partition coefficient (Wildman–Crippen LogP) is 0.122. The highest BCUT2D eigenvalue weighted by atomic mass is 16.7. The van der Waals surface area contributed by atoms with E-state index in [0.29, 0.717) is 24.2 Å². The standard InChI is InChI=1S/C14H22N2O9/c1-22-10-25-12(19)11(16(9-18)14(21)24-3)6-4-5-7-15(8-17)13(20)23-2/h8-9,11H,4-7,10H2,1-3H3. The Morgan fingerprint density at radius 3 is 2.08 bits per heavy atom. The van der Waals surface area contributed by atoms with E-state index in [1.54, 1.807) is 0 Å². The van der Waals surface area contributed by atoms with Crippen LogP contribution in [0.15, 0.2) is 0 Å². The van der Waals surface area contributed by atoms with Crippen LogP contribution in [0.25, 0.3) is 0 Å². The molecule has 0 radical (unpaired) electrons. The van der Waals surface area contributed by atoms with Crippen molar-refractivity contribution in [1.29, 1.82) is 0 Å². The summed E-state index contributed by atoms with van der Waals surface area (Å²) in [6, 6.07) is -1.22. The summed E-state index contributed by atoms with van der Waals surface area (Å²) < 4.78 is 18.3. The number of carbonyl (C=O) groups is 5. The van der Waals surface area contributed by atoms with Crippen molar-refractivity contribution in [3.63, 3.8) is 0 Å². The number of methoxy groups -OCH3 is 3. The van der Waals surface area contributed by atoms with Gasteiger partial charge < -0.3 is 18.9 Å². The summed E-state index contributed by atoms with van der Waals surface area (Å²) in [6.45, 7) is -0.292. The van der Waals surface area contributed by atoms with Gasteiger partial charge in [-0.15, -0.1) is 0 Å². The second kappa shape index (κ2) is 12.7. The molecule has 0 N–H and O–H groups in total. The molecule has 0 heterocycles. The number of imide groups is 2. The highest BCUT2D eigenvalue weighted by molar-refractivity contribution is 5.88. The van der Waals surface area contributed by atoms with Gasteiger partial charge in [-0.1, -0.05) is 0 Å². The van der Waals surface area contributed by atoms with Gasteiger partial charge in [0.05, 0.1) is 14.2 Å². The van der Waals surface area contributed by atoms with Crippen molar-refractivity contribution in [2.75, 3.05) is 34.7 Å². The largest absolute Gasteiger partial charge is 0.452 e. The van der Waals surface area contributed by atoms with Crippen LogP contribution in [0.5, 0.6) is 0 Å². The van der Waals surface area contributed by atoms with E-state index in [-0.39, 0.29) is 26.2 Å². The monoisotopic (exact) mass is 362 g/mol. The Bertz CT molecular complexity index is 469. The first kappa shape index (κ1) is 22.3. The Hall–Kier alpha value is -2.69.